The van der Waals surface area contributed by atoms with Crippen molar-refractivity contribution in [2.75, 3.05) is 35.9 Å². The Kier molecular flexibility index (Phi) is 8.14. The molecule has 0 atom stereocenters. The number of amides is 1. The number of carbonyl (C=O) groups is 1. The van der Waals surface area contributed by atoms with E-state index in [0.29, 0.717) is 22.3 Å². The number of thiocarbonyl (C=S) groups is 1. The molecule has 0 aliphatic rings. The van der Waals surface area contributed by atoms with Gasteiger partial charge in [-0.25, -0.2) is 0 Å². The van der Waals surface area contributed by atoms with E-state index in [-0.39, 0.29) is 11.7 Å². The summed E-state index contributed by atoms with van der Waals surface area (Å²) in [7, 11) is 3.13. The van der Waals surface area contributed by atoms with Crippen LogP contribution in [0, 0.1) is 0 Å². The Bertz CT molecular complexity index is 1030. The second-order valence-corrected chi connectivity index (χ2v) is 7.83. The van der Waals surface area contributed by atoms with Gasteiger partial charge in [-0.2, -0.15) is 0 Å². The maximum Gasteiger partial charge on any atom is 0.234 e. The Morgan fingerprint density at radius 2 is 1.55 bits per heavy atom. The molecule has 3 aromatic rings. The second-order valence-electron chi connectivity index (χ2n) is 6.37. The minimum Gasteiger partial charge on any atom is -0.497 e. The first-order valence-corrected chi connectivity index (χ1v) is 10.8. The van der Waals surface area contributed by atoms with Crippen LogP contribution in [0.5, 0.6) is 11.5 Å². The van der Waals surface area contributed by atoms with Crippen molar-refractivity contribution in [3.8, 4) is 11.5 Å². The number of thioether (sulfide) groups is 1. The van der Waals surface area contributed by atoms with Crippen molar-refractivity contribution in [1.82, 2.24) is 0 Å². The van der Waals surface area contributed by atoms with E-state index < -0.39 is 0 Å². The molecule has 0 aromatic heterocycles. The zero-order chi connectivity index (χ0) is 22.1. The normalized spacial score (nSPS) is 10.1. The van der Waals surface area contributed by atoms with Gasteiger partial charge in [0.25, 0.3) is 0 Å². The fourth-order valence-corrected chi connectivity index (χ4v) is 3.63. The van der Waals surface area contributed by atoms with Crippen LogP contribution >= 0.6 is 24.0 Å². The molecule has 3 rings (SSSR count). The van der Waals surface area contributed by atoms with Crippen LogP contribution in [0.3, 0.4) is 0 Å². The number of rotatable bonds is 8. The maximum absolute atomic E-state index is 12.4. The first-order chi connectivity index (χ1) is 15.1. The predicted octanol–water partition coefficient (Wildman–Crippen LogP) is 5.24. The van der Waals surface area contributed by atoms with Crippen LogP contribution in [-0.2, 0) is 4.79 Å². The van der Waals surface area contributed by atoms with Gasteiger partial charge < -0.3 is 25.4 Å². The number of para-hydroxylation sites is 1. The molecule has 0 aliphatic heterocycles. The van der Waals surface area contributed by atoms with Gasteiger partial charge in [-0.3, -0.25) is 4.79 Å². The first-order valence-electron chi connectivity index (χ1n) is 9.45. The van der Waals surface area contributed by atoms with Gasteiger partial charge >= 0.3 is 0 Å². The van der Waals surface area contributed by atoms with Crippen LogP contribution in [0.15, 0.2) is 77.7 Å². The SMILES string of the molecule is COc1ccc(OC)c(NC(=O)CSc2ccc(NC(=S)Nc3ccccc3)cc2)c1. The van der Waals surface area contributed by atoms with Crippen molar-refractivity contribution in [2.45, 2.75) is 4.90 Å². The number of benzene rings is 3. The average molecular weight is 454 g/mol. The van der Waals surface area contributed by atoms with Gasteiger partial charge in [-0.05, 0) is 60.7 Å². The highest BCUT2D eigenvalue weighted by Gasteiger charge is 2.10. The van der Waals surface area contributed by atoms with E-state index in [2.05, 4.69) is 16.0 Å². The van der Waals surface area contributed by atoms with Gasteiger partial charge in [0.15, 0.2) is 5.11 Å². The Balaban J connectivity index is 1.50. The van der Waals surface area contributed by atoms with E-state index >= 15 is 0 Å². The monoisotopic (exact) mass is 453 g/mol. The van der Waals surface area contributed by atoms with Crippen LogP contribution in [0.25, 0.3) is 0 Å². The number of anilines is 3. The summed E-state index contributed by atoms with van der Waals surface area (Å²) in [5.74, 6) is 1.36. The van der Waals surface area contributed by atoms with E-state index in [9.17, 15) is 4.79 Å². The molecular weight excluding hydrogens is 430 g/mol. The smallest absolute Gasteiger partial charge is 0.234 e. The van der Waals surface area contributed by atoms with Gasteiger partial charge in [0, 0.05) is 22.3 Å². The lowest BCUT2D eigenvalue weighted by Crippen LogP contribution is -2.18. The lowest BCUT2D eigenvalue weighted by Gasteiger charge is -2.12. The number of nitrogens with one attached hydrogen (secondary N) is 3. The Labute approximate surface area is 191 Å². The van der Waals surface area contributed by atoms with Crippen LogP contribution < -0.4 is 25.4 Å². The molecule has 0 saturated carbocycles. The van der Waals surface area contributed by atoms with Crippen LogP contribution in [-0.4, -0.2) is 31.0 Å². The fraction of sp³-hybridized carbons (Fsp3) is 0.130. The summed E-state index contributed by atoms with van der Waals surface area (Å²) in [5, 5.41) is 9.65. The Hall–Kier alpha value is -3.23. The van der Waals surface area contributed by atoms with Gasteiger partial charge in [-0.1, -0.05) is 18.2 Å². The van der Waals surface area contributed by atoms with Crippen LogP contribution in [0.4, 0.5) is 17.1 Å². The highest BCUT2D eigenvalue weighted by atomic mass is 32.2. The van der Waals surface area contributed by atoms with E-state index in [0.717, 1.165) is 16.3 Å². The number of carbonyl (C=O) groups excluding carboxylic acids is 1. The molecule has 0 radical (unpaired) electrons. The van der Waals surface area contributed by atoms with Gasteiger partial charge in [0.05, 0.1) is 25.7 Å². The number of hydrogen-bond acceptors (Lipinski definition) is 5. The second kappa shape index (κ2) is 11.2. The van der Waals surface area contributed by atoms with E-state index in [1.54, 1.807) is 32.4 Å². The highest BCUT2D eigenvalue weighted by Crippen LogP contribution is 2.29. The minimum atomic E-state index is -0.132. The third-order valence-corrected chi connectivity index (χ3v) is 5.41. The van der Waals surface area contributed by atoms with Gasteiger partial charge in [0.1, 0.15) is 11.5 Å². The van der Waals surface area contributed by atoms with Crippen LogP contribution in [0.2, 0.25) is 0 Å². The predicted molar refractivity (Wildman–Crippen MR) is 132 cm³/mol. The van der Waals surface area contributed by atoms with Crippen molar-refractivity contribution >= 4 is 52.1 Å². The quantitative estimate of drug-likeness (QED) is 0.318. The zero-order valence-electron chi connectivity index (χ0n) is 17.2. The van der Waals surface area contributed by atoms with Gasteiger partial charge in [-0.15, -0.1) is 11.8 Å². The molecule has 0 saturated heterocycles. The fourth-order valence-electron chi connectivity index (χ4n) is 2.70. The number of methoxy groups -OCH3 is 2. The molecule has 6 nitrogen and oxygen atoms in total. The van der Waals surface area contributed by atoms with Crippen molar-refractivity contribution in [3.05, 3.63) is 72.8 Å². The van der Waals surface area contributed by atoms with Crippen LogP contribution in [0.1, 0.15) is 0 Å². The number of hydrogen-bond donors (Lipinski definition) is 3. The summed E-state index contributed by atoms with van der Waals surface area (Å²) in [6, 6.07) is 22.7. The molecule has 0 heterocycles. The molecule has 8 heteroatoms. The molecule has 0 fully saturated rings. The van der Waals surface area contributed by atoms with Gasteiger partial charge in [0.2, 0.25) is 5.91 Å². The van der Waals surface area contributed by atoms with Crippen molar-refractivity contribution in [2.24, 2.45) is 0 Å². The molecule has 1 amide bonds. The molecule has 3 N–H and O–H groups in total. The lowest BCUT2D eigenvalue weighted by molar-refractivity contribution is -0.113. The largest absolute Gasteiger partial charge is 0.497 e. The molecule has 160 valence electrons. The Morgan fingerprint density at radius 1 is 0.871 bits per heavy atom. The summed E-state index contributed by atoms with van der Waals surface area (Å²) in [4.78, 5) is 13.3. The zero-order valence-corrected chi connectivity index (χ0v) is 18.8. The Morgan fingerprint density at radius 3 is 2.19 bits per heavy atom. The third-order valence-electron chi connectivity index (χ3n) is 4.19. The third kappa shape index (κ3) is 6.91. The number of ether oxygens (including phenoxy) is 2. The molecule has 0 unspecified atom stereocenters. The summed E-state index contributed by atoms with van der Waals surface area (Å²) >= 11 is 6.78. The van der Waals surface area contributed by atoms with E-state index in [4.69, 9.17) is 21.7 Å². The van der Waals surface area contributed by atoms with E-state index in [1.807, 2.05) is 54.6 Å². The molecule has 3 aromatic carbocycles. The maximum atomic E-state index is 12.4. The summed E-state index contributed by atoms with van der Waals surface area (Å²) < 4.78 is 10.5. The minimum absolute atomic E-state index is 0.132. The summed E-state index contributed by atoms with van der Waals surface area (Å²) in [6.07, 6.45) is 0. The lowest BCUT2D eigenvalue weighted by atomic mass is 10.2. The molecule has 0 spiro atoms. The first kappa shape index (κ1) is 22.5. The molecule has 0 aliphatic carbocycles. The highest BCUT2D eigenvalue weighted by molar-refractivity contribution is 8.00. The molecule has 31 heavy (non-hydrogen) atoms. The van der Waals surface area contributed by atoms with Crippen molar-refractivity contribution in [1.29, 1.82) is 0 Å². The summed E-state index contributed by atoms with van der Waals surface area (Å²) in [5.41, 5.74) is 2.36. The molecule has 0 bridgehead atoms. The standard InChI is InChI=1S/C23H23N3O3S2/c1-28-18-10-13-21(29-2)20(14-18)26-22(27)15-31-19-11-8-17(9-12-19)25-23(30)24-16-6-4-3-5-7-16/h3-14H,15H2,1-2H3,(H,26,27)(H2,24,25,30). The molecular formula is C23H23N3O3S2. The topological polar surface area (TPSA) is 71.6 Å². The average Bonchev–Trinajstić information content (AvgIpc) is 2.79. The van der Waals surface area contributed by atoms with E-state index in [1.165, 1.54) is 11.8 Å². The van der Waals surface area contributed by atoms with Crippen molar-refractivity contribution < 1.29 is 14.3 Å². The van der Waals surface area contributed by atoms with Crippen molar-refractivity contribution in [3.63, 3.8) is 0 Å². The summed E-state index contributed by atoms with van der Waals surface area (Å²) in [6.45, 7) is 0.